The first-order valence-electron chi connectivity index (χ1n) is 6.28. The summed E-state index contributed by atoms with van der Waals surface area (Å²) in [7, 11) is 0. The number of para-hydroxylation sites is 1. The summed E-state index contributed by atoms with van der Waals surface area (Å²) in [4.78, 5) is 11.7. The minimum Gasteiger partial charge on any atom is -0.322 e. The number of amides is 1. The normalized spacial score (nSPS) is 15.5. The molecule has 3 nitrogen and oxygen atoms in total. The van der Waals surface area contributed by atoms with Gasteiger partial charge in [0.2, 0.25) is 5.91 Å². The average Bonchev–Trinajstić information content (AvgIpc) is 3.14. The van der Waals surface area contributed by atoms with E-state index < -0.39 is 5.82 Å². The van der Waals surface area contributed by atoms with E-state index in [1.807, 2.05) is 0 Å². The minimum absolute atomic E-state index is 0.0213. The molecule has 0 saturated heterocycles. The number of hydrogen-bond donors (Lipinski definition) is 2. The predicted octanol–water partition coefficient (Wildman–Crippen LogP) is 2.54. The van der Waals surface area contributed by atoms with Crippen LogP contribution >= 0.6 is 0 Å². The Hall–Kier alpha value is -1.42. The SMILES string of the molecule is CC(C)(NCC(=O)Nc1ccccc1F)C1CC1. The van der Waals surface area contributed by atoms with Gasteiger partial charge in [-0.25, -0.2) is 4.39 Å². The van der Waals surface area contributed by atoms with Gasteiger partial charge in [-0.1, -0.05) is 12.1 Å². The van der Waals surface area contributed by atoms with Gasteiger partial charge >= 0.3 is 0 Å². The molecule has 4 heteroatoms. The fraction of sp³-hybridized carbons (Fsp3) is 0.500. The first-order valence-corrected chi connectivity index (χ1v) is 6.28. The van der Waals surface area contributed by atoms with Crippen LogP contribution in [0.25, 0.3) is 0 Å². The maximum atomic E-state index is 13.3. The predicted molar refractivity (Wildman–Crippen MR) is 69.8 cm³/mol. The molecule has 0 bridgehead atoms. The molecule has 1 aromatic carbocycles. The van der Waals surface area contributed by atoms with Crippen LogP contribution in [-0.4, -0.2) is 18.0 Å². The molecule has 0 radical (unpaired) electrons. The Morgan fingerprint density at radius 2 is 2.06 bits per heavy atom. The van der Waals surface area contributed by atoms with Crippen LogP contribution in [-0.2, 0) is 4.79 Å². The van der Waals surface area contributed by atoms with Crippen molar-refractivity contribution in [3.63, 3.8) is 0 Å². The molecule has 1 fully saturated rings. The lowest BCUT2D eigenvalue weighted by molar-refractivity contribution is -0.115. The van der Waals surface area contributed by atoms with Gasteiger partial charge in [-0.3, -0.25) is 4.79 Å². The highest BCUT2D eigenvalue weighted by atomic mass is 19.1. The minimum atomic E-state index is -0.410. The number of benzene rings is 1. The second-order valence-corrected chi connectivity index (χ2v) is 5.38. The Morgan fingerprint density at radius 3 is 2.67 bits per heavy atom. The second kappa shape index (κ2) is 5.06. The van der Waals surface area contributed by atoms with Crippen LogP contribution < -0.4 is 10.6 Å². The van der Waals surface area contributed by atoms with Crippen LogP contribution in [0.5, 0.6) is 0 Å². The maximum Gasteiger partial charge on any atom is 0.238 e. The number of halogens is 1. The van der Waals surface area contributed by atoms with Crippen LogP contribution in [0, 0.1) is 11.7 Å². The van der Waals surface area contributed by atoms with Gasteiger partial charge in [0.25, 0.3) is 0 Å². The highest BCUT2D eigenvalue weighted by molar-refractivity contribution is 5.92. The van der Waals surface area contributed by atoms with Gasteiger partial charge in [0, 0.05) is 5.54 Å². The van der Waals surface area contributed by atoms with Gasteiger partial charge in [0.15, 0.2) is 0 Å². The molecule has 1 amide bonds. The van der Waals surface area contributed by atoms with E-state index in [-0.39, 0.29) is 23.7 Å². The first-order chi connectivity index (χ1) is 8.49. The Morgan fingerprint density at radius 1 is 1.39 bits per heavy atom. The largest absolute Gasteiger partial charge is 0.322 e. The van der Waals surface area contributed by atoms with E-state index in [0.717, 1.165) is 0 Å². The van der Waals surface area contributed by atoms with Gasteiger partial charge < -0.3 is 10.6 Å². The van der Waals surface area contributed by atoms with Crippen molar-refractivity contribution >= 4 is 11.6 Å². The van der Waals surface area contributed by atoms with Crippen LogP contribution in [0.1, 0.15) is 26.7 Å². The quantitative estimate of drug-likeness (QED) is 0.843. The third kappa shape index (κ3) is 3.29. The number of rotatable bonds is 5. The summed E-state index contributed by atoms with van der Waals surface area (Å²) in [6.45, 7) is 4.40. The Bertz CT molecular complexity index is 441. The van der Waals surface area contributed by atoms with Crippen molar-refractivity contribution in [1.29, 1.82) is 0 Å². The summed E-state index contributed by atoms with van der Waals surface area (Å²) in [5, 5.41) is 5.79. The molecule has 2 rings (SSSR count). The summed E-state index contributed by atoms with van der Waals surface area (Å²) < 4.78 is 13.3. The van der Waals surface area contributed by atoms with Crippen molar-refractivity contribution < 1.29 is 9.18 Å². The van der Waals surface area contributed by atoms with E-state index in [1.165, 1.54) is 18.9 Å². The number of hydrogen-bond acceptors (Lipinski definition) is 2. The number of nitrogens with one attached hydrogen (secondary N) is 2. The van der Waals surface area contributed by atoms with Crippen molar-refractivity contribution in [3.8, 4) is 0 Å². The van der Waals surface area contributed by atoms with Crippen LogP contribution in [0.4, 0.5) is 10.1 Å². The Balaban J connectivity index is 1.84. The molecule has 1 aliphatic rings. The van der Waals surface area contributed by atoms with Crippen molar-refractivity contribution in [2.45, 2.75) is 32.2 Å². The maximum absolute atomic E-state index is 13.3. The molecule has 0 heterocycles. The Kier molecular flexibility index (Phi) is 3.66. The van der Waals surface area contributed by atoms with E-state index in [2.05, 4.69) is 24.5 Å². The van der Waals surface area contributed by atoms with Gasteiger partial charge in [-0.15, -0.1) is 0 Å². The van der Waals surface area contributed by atoms with Crippen LogP contribution in [0.2, 0.25) is 0 Å². The zero-order valence-corrected chi connectivity index (χ0v) is 10.8. The molecule has 1 saturated carbocycles. The monoisotopic (exact) mass is 250 g/mol. The van der Waals surface area contributed by atoms with Crippen molar-refractivity contribution in [3.05, 3.63) is 30.1 Å². The summed E-state index contributed by atoms with van der Waals surface area (Å²) in [5.41, 5.74) is 0.209. The molecule has 0 aliphatic heterocycles. The summed E-state index contributed by atoms with van der Waals surface area (Å²) in [6.07, 6.45) is 2.43. The van der Waals surface area contributed by atoms with Crippen molar-refractivity contribution in [2.75, 3.05) is 11.9 Å². The molecular formula is C14H19FN2O. The van der Waals surface area contributed by atoms with Gasteiger partial charge in [-0.05, 0) is 44.7 Å². The van der Waals surface area contributed by atoms with Crippen molar-refractivity contribution in [1.82, 2.24) is 5.32 Å². The third-order valence-electron chi connectivity index (χ3n) is 3.45. The number of carbonyl (C=O) groups excluding carboxylic acids is 1. The third-order valence-corrected chi connectivity index (χ3v) is 3.45. The summed E-state index contributed by atoms with van der Waals surface area (Å²) in [5.74, 6) is 0.0277. The molecule has 0 atom stereocenters. The number of carbonyl (C=O) groups is 1. The molecule has 0 unspecified atom stereocenters. The van der Waals surface area contributed by atoms with E-state index in [1.54, 1.807) is 18.2 Å². The van der Waals surface area contributed by atoms with E-state index in [4.69, 9.17) is 0 Å². The molecule has 2 N–H and O–H groups in total. The lowest BCUT2D eigenvalue weighted by Crippen LogP contribution is -2.45. The lowest BCUT2D eigenvalue weighted by Gasteiger charge is -2.25. The first kappa shape index (κ1) is 13.0. The molecule has 98 valence electrons. The summed E-state index contributed by atoms with van der Waals surface area (Å²) >= 11 is 0. The average molecular weight is 250 g/mol. The van der Waals surface area contributed by atoms with Gasteiger partial charge in [0.05, 0.1) is 12.2 Å². The zero-order valence-electron chi connectivity index (χ0n) is 10.8. The van der Waals surface area contributed by atoms with Crippen molar-refractivity contribution in [2.24, 2.45) is 5.92 Å². The summed E-state index contributed by atoms with van der Waals surface area (Å²) in [6, 6.07) is 6.18. The smallest absolute Gasteiger partial charge is 0.238 e. The Labute approximate surface area is 107 Å². The van der Waals surface area contributed by atoms with E-state index in [9.17, 15) is 9.18 Å². The molecule has 1 aromatic rings. The fourth-order valence-electron chi connectivity index (χ4n) is 2.01. The highest BCUT2D eigenvalue weighted by Crippen LogP contribution is 2.38. The van der Waals surface area contributed by atoms with Crippen LogP contribution in [0.15, 0.2) is 24.3 Å². The highest BCUT2D eigenvalue weighted by Gasteiger charge is 2.37. The van der Waals surface area contributed by atoms with Gasteiger partial charge in [0.1, 0.15) is 5.82 Å². The van der Waals surface area contributed by atoms with Crippen LogP contribution in [0.3, 0.4) is 0 Å². The van der Waals surface area contributed by atoms with E-state index in [0.29, 0.717) is 5.92 Å². The topological polar surface area (TPSA) is 41.1 Å². The van der Waals surface area contributed by atoms with E-state index >= 15 is 0 Å². The molecule has 0 aromatic heterocycles. The zero-order chi connectivity index (χ0) is 13.2. The standard InChI is InChI=1S/C14H19FN2O/c1-14(2,10-7-8-10)16-9-13(18)17-12-6-4-3-5-11(12)15/h3-6,10,16H,7-9H2,1-2H3,(H,17,18). The fourth-order valence-corrected chi connectivity index (χ4v) is 2.01. The molecule has 1 aliphatic carbocycles. The molecule has 18 heavy (non-hydrogen) atoms. The molecular weight excluding hydrogens is 231 g/mol. The second-order valence-electron chi connectivity index (χ2n) is 5.38. The molecule has 0 spiro atoms. The number of anilines is 1. The lowest BCUT2D eigenvalue weighted by atomic mass is 9.99. The van der Waals surface area contributed by atoms with Gasteiger partial charge in [-0.2, -0.15) is 0 Å².